The molecule has 3 aromatic carbocycles. The minimum atomic E-state index is -0.790. The van der Waals surface area contributed by atoms with Gasteiger partial charge in [-0.25, -0.2) is 4.79 Å². The van der Waals surface area contributed by atoms with E-state index in [0.29, 0.717) is 12.1 Å². The molecule has 0 bridgehead atoms. The molecule has 3 atom stereocenters. The molecule has 1 aliphatic heterocycles. The predicted octanol–water partition coefficient (Wildman–Crippen LogP) is 3.08. The molecule has 1 fully saturated rings. The first-order valence-electron chi connectivity index (χ1n) is 12.1. The van der Waals surface area contributed by atoms with E-state index in [1.807, 2.05) is 54.6 Å². The average Bonchev–Trinajstić information content (AvgIpc) is 3.28. The van der Waals surface area contributed by atoms with Crippen molar-refractivity contribution in [1.29, 1.82) is 0 Å². The molecular weight excluding hydrogens is 454 g/mol. The van der Waals surface area contributed by atoms with E-state index in [2.05, 4.69) is 46.7 Å². The predicted molar refractivity (Wildman–Crippen MR) is 138 cm³/mol. The van der Waals surface area contributed by atoms with Crippen molar-refractivity contribution in [3.05, 3.63) is 140 Å². The van der Waals surface area contributed by atoms with E-state index in [9.17, 15) is 14.7 Å². The number of nitrogens with one attached hydrogen (secondary N) is 2. The first-order valence-corrected chi connectivity index (χ1v) is 12.1. The molecule has 1 saturated heterocycles. The summed E-state index contributed by atoms with van der Waals surface area (Å²) in [5.74, 6) is 0. The van der Waals surface area contributed by atoms with E-state index in [-0.39, 0.29) is 6.42 Å². The number of aliphatic hydroxyl groups is 1. The quantitative estimate of drug-likeness (QED) is 0.351. The van der Waals surface area contributed by atoms with Crippen molar-refractivity contribution in [2.45, 2.75) is 37.3 Å². The third kappa shape index (κ3) is 4.44. The second kappa shape index (κ2) is 10.1. The van der Waals surface area contributed by atoms with E-state index in [0.717, 1.165) is 16.7 Å². The average molecular weight is 484 g/mol. The lowest BCUT2D eigenvalue weighted by Crippen LogP contribution is -2.49. The summed E-state index contributed by atoms with van der Waals surface area (Å²) in [6.45, 7) is 1.96. The van der Waals surface area contributed by atoms with Crippen molar-refractivity contribution in [2.24, 2.45) is 0 Å². The number of aliphatic hydroxyl groups excluding tert-OH is 1. The van der Waals surface area contributed by atoms with Crippen molar-refractivity contribution in [1.82, 2.24) is 14.9 Å². The molecule has 0 radical (unpaired) electrons. The minimum absolute atomic E-state index is 0.243. The summed E-state index contributed by atoms with van der Waals surface area (Å²) < 4.78 is 7.51. The zero-order valence-electron chi connectivity index (χ0n) is 20.0. The number of hydrogen-bond acceptors (Lipinski definition) is 5. The van der Waals surface area contributed by atoms with Gasteiger partial charge in [-0.2, -0.15) is 0 Å². The molecule has 5 rings (SSSR count). The summed E-state index contributed by atoms with van der Waals surface area (Å²) in [5, 5.41) is 14.6. The van der Waals surface area contributed by atoms with Gasteiger partial charge in [-0.15, -0.1) is 0 Å². The maximum Gasteiger partial charge on any atom is 0.330 e. The molecule has 0 unspecified atom stereocenters. The molecule has 0 aliphatic carbocycles. The van der Waals surface area contributed by atoms with Crippen LogP contribution in [-0.2, 0) is 10.3 Å². The highest BCUT2D eigenvalue weighted by molar-refractivity contribution is 5.49. The number of nitrogens with zero attached hydrogens (tertiary/aromatic N) is 1. The lowest BCUT2D eigenvalue weighted by atomic mass is 9.77. The monoisotopic (exact) mass is 483 g/mol. The van der Waals surface area contributed by atoms with Crippen LogP contribution in [-0.4, -0.2) is 33.4 Å². The van der Waals surface area contributed by atoms with Crippen LogP contribution in [0.5, 0.6) is 0 Å². The maximum absolute atomic E-state index is 12.4. The Balaban J connectivity index is 1.50. The molecule has 7 nitrogen and oxygen atoms in total. The van der Waals surface area contributed by atoms with Crippen LogP contribution in [0.15, 0.2) is 107 Å². The van der Waals surface area contributed by atoms with Gasteiger partial charge in [0.05, 0.1) is 17.7 Å². The number of rotatable bonds is 7. The minimum Gasteiger partial charge on any atom is -0.390 e. The lowest BCUT2D eigenvalue weighted by molar-refractivity contribution is -0.0213. The summed E-state index contributed by atoms with van der Waals surface area (Å²) in [6.07, 6.45) is -0.302. The van der Waals surface area contributed by atoms with Crippen molar-refractivity contribution in [3.63, 3.8) is 0 Å². The van der Waals surface area contributed by atoms with Crippen LogP contribution in [0.2, 0.25) is 0 Å². The van der Waals surface area contributed by atoms with E-state index in [4.69, 9.17) is 4.74 Å². The standard InChI is InChI=1S/C29H29N3O4/c1-20-19-32(28(35)31-27(20)34)26-17-24(33)25(36-26)18-30-29(21-11-5-2-6-12-21,22-13-7-3-8-14-22)23-15-9-4-10-16-23/h2-16,19,24-26,30,33H,17-18H2,1H3,(H,31,34,35)/t24-,25+,26+/m0/s1. The number of aromatic amines is 1. The van der Waals surface area contributed by atoms with Gasteiger partial charge in [0.25, 0.3) is 5.56 Å². The number of aromatic nitrogens is 2. The molecule has 0 saturated carbocycles. The van der Waals surface area contributed by atoms with Crippen LogP contribution in [0.1, 0.15) is 34.9 Å². The van der Waals surface area contributed by atoms with Crippen LogP contribution in [0.3, 0.4) is 0 Å². The highest BCUT2D eigenvalue weighted by Gasteiger charge is 2.40. The Morgan fingerprint density at radius 2 is 1.42 bits per heavy atom. The zero-order chi connectivity index (χ0) is 25.1. The van der Waals surface area contributed by atoms with Crippen LogP contribution >= 0.6 is 0 Å². The van der Waals surface area contributed by atoms with Gasteiger partial charge in [0.2, 0.25) is 0 Å². The first kappa shape index (κ1) is 23.9. The zero-order valence-corrected chi connectivity index (χ0v) is 20.0. The topological polar surface area (TPSA) is 96.3 Å². The molecule has 1 aliphatic rings. The highest BCUT2D eigenvalue weighted by atomic mass is 16.5. The Labute approximate surface area is 209 Å². The SMILES string of the molecule is Cc1cn([C@H]2C[C@H](O)[C@@H](CNC(c3ccccc3)(c3ccccc3)c3ccccc3)O2)c(=O)[nH]c1=O. The first-order chi connectivity index (χ1) is 17.5. The van der Waals surface area contributed by atoms with Gasteiger partial charge in [0.15, 0.2) is 0 Å². The number of aryl methyl sites for hydroxylation is 1. The number of H-pyrrole nitrogens is 1. The van der Waals surface area contributed by atoms with E-state index < -0.39 is 35.2 Å². The third-order valence-electron chi connectivity index (χ3n) is 6.85. The Morgan fingerprint density at radius 3 is 1.92 bits per heavy atom. The van der Waals surface area contributed by atoms with Gasteiger partial charge >= 0.3 is 5.69 Å². The van der Waals surface area contributed by atoms with E-state index in [1.165, 1.54) is 10.8 Å². The molecule has 0 amide bonds. The van der Waals surface area contributed by atoms with Crippen LogP contribution in [0.4, 0.5) is 0 Å². The number of hydrogen-bond donors (Lipinski definition) is 3. The van der Waals surface area contributed by atoms with Gasteiger partial charge in [0, 0.05) is 24.7 Å². The summed E-state index contributed by atoms with van der Waals surface area (Å²) >= 11 is 0. The molecule has 184 valence electrons. The van der Waals surface area contributed by atoms with Crippen LogP contribution < -0.4 is 16.6 Å². The fourth-order valence-electron chi connectivity index (χ4n) is 4.99. The van der Waals surface area contributed by atoms with Crippen molar-refractivity contribution in [2.75, 3.05) is 6.54 Å². The Morgan fingerprint density at radius 1 is 0.917 bits per heavy atom. The summed E-state index contributed by atoms with van der Waals surface area (Å²) in [4.78, 5) is 26.5. The second-order valence-electron chi connectivity index (χ2n) is 9.14. The summed E-state index contributed by atoms with van der Waals surface area (Å²) in [6, 6.07) is 30.6. The normalized spacial score (nSPS) is 19.9. The van der Waals surface area contributed by atoms with Gasteiger partial charge in [-0.1, -0.05) is 91.0 Å². The van der Waals surface area contributed by atoms with Crippen molar-refractivity contribution < 1.29 is 9.84 Å². The maximum atomic E-state index is 12.4. The largest absolute Gasteiger partial charge is 0.390 e. The second-order valence-corrected chi connectivity index (χ2v) is 9.14. The van der Waals surface area contributed by atoms with Crippen molar-refractivity contribution >= 4 is 0 Å². The Hall–Kier alpha value is -3.78. The molecule has 36 heavy (non-hydrogen) atoms. The molecular formula is C29H29N3O4. The molecule has 7 heteroatoms. The fourth-order valence-corrected chi connectivity index (χ4v) is 4.99. The summed E-state index contributed by atoms with van der Waals surface area (Å²) in [5.41, 5.74) is 1.90. The smallest absolute Gasteiger partial charge is 0.330 e. The molecule has 0 spiro atoms. The van der Waals surface area contributed by atoms with Crippen LogP contribution in [0.25, 0.3) is 0 Å². The third-order valence-corrected chi connectivity index (χ3v) is 6.85. The van der Waals surface area contributed by atoms with E-state index in [1.54, 1.807) is 6.92 Å². The van der Waals surface area contributed by atoms with Gasteiger partial charge in [-0.3, -0.25) is 19.7 Å². The molecule has 1 aromatic heterocycles. The highest BCUT2D eigenvalue weighted by Crippen LogP contribution is 2.37. The Kier molecular flexibility index (Phi) is 6.69. The van der Waals surface area contributed by atoms with Crippen molar-refractivity contribution in [3.8, 4) is 0 Å². The number of ether oxygens (including phenoxy) is 1. The van der Waals surface area contributed by atoms with E-state index >= 15 is 0 Å². The fraction of sp³-hybridized carbons (Fsp3) is 0.241. The molecule has 4 aromatic rings. The lowest BCUT2D eigenvalue weighted by Gasteiger charge is -2.38. The van der Waals surface area contributed by atoms with Gasteiger partial charge < -0.3 is 9.84 Å². The Bertz CT molecular complexity index is 1320. The number of benzene rings is 3. The summed E-state index contributed by atoms with van der Waals surface area (Å²) in [7, 11) is 0. The van der Waals surface area contributed by atoms with Crippen LogP contribution in [0, 0.1) is 6.92 Å². The van der Waals surface area contributed by atoms with Gasteiger partial charge in [0.1, 0.15) is 6.23 Å². The van der Waals surface area contributed by atoms with Gasteiger partial charge in [-0.05, 0) is 23.6 Å². The molecule has 3 N–H and O–H groups in total. The molecule has 2 heterocycles.